The number of ether oxygens (including phenoxy) is 1. The summed E-state index contributed by atoms with van der Waals surface area (Å²) in [6, 6.07) is 2.16. The molecule has 1 heterocycles. The maximum atomic E-state index is 13.3. The van der Waals surface area contributed by atoms with Crippen LogP contribution < -0.4 is 10.6 Å². The molecule has 5 nitrogen and oxygen atoms in total. The van der Waals surface area contributed by atoms with Crippen LogP contribution in [0.15, 0.2) is 18.2 Å². The van der Waals surface area contributed by atoms with Crippen molar-refractivity contribution < 1.29 is 23.4 Å². The molecule has 3 N–H and O–H groups in total. The second kappa shape index (κ2) is 5.50. The van der Waals surface area contributed by atoms with Crippen LogP contribution in [0.4, 0.5) is 19.3 Å². The lowest BCUT2D eigenvalue weighted by Gasteiger charge is -2.20. The van der Waals surface area contributed by atoms with Gasteiger partial charge in [0.05, 0.1) is 18.8 Å². The molecule has 2 rings (SSSR count). The van der Waals surface area contributed by atoms with Crippen molar-refractivity contribution >= 4 is 11.7 Å². The average Bonchev–Trinajstić information content (AvgIpc) is 2.78. The molecule has 19 heavy (non-hydrogen) atoms. The second-order valence-corrected chi connectivity index (χ2v) is 4.46. The number of hydrogen-bond donors (Lipinski definition) is 3. The van der Waals surface area contributed by atoms with E-state index in [0.717, 1.165) is 12.1 Å². The fourth-order valence-electron chi connectivity index (χ4n) is 1.74. The van der Waals surface area contributed by atoms with Gasteiger partial charge in [-0.05, 0) is 12.1 Å². The van der Waals surface area contributed by atoms with Gasteiger partial charge in [-0.3, -0.25) is 0 Å². The van der Waals surface area contributed by atoms with E-state index in [-0.39, 0.29) is 18.8 Å². The van der Waals surface area contributed by atoms with Gasteiger partial charge in [-0.1, -0.05) is 0 Å². The van der Waals surface area contributed by atoms with E-state index in [1.165, 1.54) is 0 Å². The monoisotopic (exact) mass is 272 g/mol. The summed E-state index contributed by atoms with van der Waals surface area (Å²) in [5.74, 6) is -1.58. The van der Waals surface area contributed by atoms with Crippen LogP contribution in [0.25, 0.3) is 0 Å². The van der Waals surface area contributed by atoms with E-state index in [4.69, 9.17) is 4.74 Å². The number of carbonyl (C=O) groups excluding carboxylic acids is 1. The number of amides is 2. The van der Waals surface area contributed by atoms with Crippen molar-refractivity contribution in [1.82, 2.24) is 5.32 Å². The first-order valence-electron chi connectivity index (χ1n) is 5.79. The van der Waals surface area contributed by atoms with Crippen LogP contribution >= 0.6 is 0 Å². The minimum Gasteiger partial charge on any atom is -0.386 e. The predicted molar refractivity (Wildman–Crippen MR) is 63.8 cm³/mol. The highest BCUT2D eigenvalue weighted by Crippen LogP contribution is 2.17. The third-order valence-corrected chi connectivity index (χ3v) is 2.84. The van der Waals surface area contributed by atoms with Gasteiger partial charge in [-0.2, -0.15) is 0 Å². The molecule has 1 aliphatic heterocycles. The first-order valence-corrected chi connectivity index (χ1v) is 5.79. The molecule has 104 valence electrons. The Bertz CT molecular complexity index is 476. The summed E-state index contributed by atoms with van der Waals surface area (Å²) in [4.78, 5) is 11.5. The second-order valence-electron chi connectivity index (χ2n) is 4.46. The zero-order valence-corrected chi connectivity index (χ0v) is 10.1. The lowest BCUT2D eigenvalue weighted by atomic mass is 10.0. The molecule has 0 radical (unpaired) electrons. The normalized spacial score (nSPS) is 22.3. The van der Waals surface area contributed by atoms with Crippen molar-refractivity contribution in [2.75, 3.05) is 25.1 Å². The van der Waals surface area contributed by atoms with Crippen molar-refractivity contribution in [1.29, 1.82) is 0 Å². The molecule has 1 fully saturated rings. The Balaban J connectivity index is 1.87. The fourth-order valence-corrected chi connectivity index (χ4v) is 1.74. The summed E-state index contributed by atoms with van der Waals surface area (Å²) in [6.07, 6.45) is 0.429. The van der Waals surface area contributed by atoms with Crippen LogP contribution in [0.3, 0.4) is 0 Å². The first kappa shape index (κ1) is 13.7. The molecule has 0 bridgehead atoms. The van der Waals surface area contributed by atoms with Crippen LogP contribution in [0.1, 0.15) is 6.42 Å². The van der Waals surface area contributed by atoms with Crippen molar-refractivity contribution in [3.05, 3.63) is 29.8 Å². The van der Waals surface area contributed by atoms with Crippen LogP contribution in [0.2, 0.25) is 0 Å². The van der Waals surface area contributed by atoms with E-state index in [2.05, 4.69) is 10.6 Å². The van der Waals surface area contributed by atoms with Crippen LogP contribution in [0.5, 0.6) is 0 Å². The lowest BCUT2D eigenvalue weighted by Crippen LogP contribution is -2.44. The van der Waals surface area contributed by atoms with E-state index >= 15 is 0 Å². The number of rotatable bonds is 3. The summed E-state index contributed by atoms with van der Waals surface area (Å²) >= 11 is 0. The lowest BCUT2D eigenvalue weighted by molar-refractivity contribution is 0.0295. The number of nitrogens with one attached hydrogen (secondary N) is 2. The zero-order chi connectivity index (χ0) is 13.9. The fraction of sp³-hybridized carbons (Fsp3) is 0.417. The standard InChI is InChI=1S/C12H14F2N2O3/c13-8-1-2-10(9(14)5-8)16-11(17)15-6-12(18)3-4-19-7-12/h1-2,5,18H,3-4,6-7H2,(H2,15,16,17). The van der Waals surface area contributed by atoms with Gasteiger partial charge in [0, 0.05) is 19.1 Å². The number of anilines is 1. The Labute approximate surface area is 108 Å². The Morgan fingerprint density at radius 3 is 2.89 bits per heavy atom. The number of benzene rings is 1. The molecule has 1 aliphatic rings. The third-order valence-electron chi connectivity index (χ3n) is 2.84. The van der Waals surface area contributed by atoms with Crippen molar-refractivity contribution in [2.45, 2.75) is 12.0 Å². The molecule has 1 aromatic rings. The van der Waals surface area contributed by atoms with Crippen molar-refractivity contribution in [2.24, 2.45) is 0 Å². The van der Waals surface area contributed by atoms with E-state index in [9.17, 15) is 18.7 Å². The molecule has 1 atom stereocenters. The van der Waals surface area contributed by atoms with Crippen LogP contribution in [-0.2, 0) is 4.74 Å². The van der Waals surface area contributed by atoms with Gasteiger partial charge in [0.15, 0.2) is 0 Å². The number of aliphatic hydroxyl groups is 1. The van der Waals surface area contributed by atoms with Gasteiger partial charge in [0.2, 0.25) is 0 Å². The van der Waals surface area contributed by atoms with Crippen molar-refractivity contribution in [3.8, 4) is 0 Å². The molecule has 7 heteroatoms. The predicted octanol–water partition coefficient (Wildman–Crippen LogP) is 1.24. The molecule has 0 aliphatic carbocycles. The zero-order valence-electron chi connectivity index (χ0n) is 10.1. The highest BCUT2D eigenvalue weighted by atomic mass is 19.1. The van der Waals surface area contributed by atoms with E-state index in [0.29, 0.717) is 19.1 Å². The third kappa shape index (κ3) is 3.62. The van der Waals surface area contributed by atoms with Gasteiger partial charge in [-0.25, -0.2) is 13.6 Å². The quantitative estimate of drug-likeness (QED) is 0.775. The minimum atomic E-state index is -1.08. The molecule has 0 spiro atoms. The molecule has 1 unspecified atom stereocenters. The summed E-state index contributed by atoms with van der Waals surface area (Å²) in [7, 11) is 0. The van der Waals surface area contributed by atoms with Crippen molar-refractivity contribution in [3.63, 3.8) is 0 Å². The van der Waals surface area contributed by atoms with E-state index in [1.54, 1.807) is 0 Å². The Kier molecular flexibility index (Phi) is 3.96. The first-order chi connectivity index (χ1) is 8.98. The number of carbonyl (C=O) groups is 1. The van der Waals surface area contributed by atoms with Gasteiger partial charge in [-0.15, -0.1) is 0 Å². The SMILES string of the molecule is O=C(NCC1(O)CCOC1)Nc1ccc(F)cc1F. The Morgan fingerprint density at radius 1 is 1.47 bits per heavy atom. The molecule has 0 saturated carbocycles. The smallest absolute Gasteiger partial charge is 0.319 e. The van der Waals surface area contributed by atoms with Crippen LogP contribution in [-0.4, -0.2) is 36.5 Å². The topological polar surface area (TPSA) is 70.6 Å². The van der Waals surface area contributed by atoms with E-state index in [1.807, 2.05) is 0 Å². The van der Waals surface area contributed by atoms with Gasteiger partial charge >= 0.3 is 6.03 Å². The summed E-state index contributed by atoms with van der Waals surface area (Å²) in [5, 5.41) is 14.6. The van der Waals surface area contributed by atoms with E-state index < -0.39 is 23.3 Å². The molecular formula is C12H14F2N2O3. The Hall–Kier alpha value is -1.73. The number of halogens is 2. The highest BCUT2D eigenvalue weighted by Gasteiger charge is 2.32. The molecule has 1 aromatic carbocycles. The molecule has 0 aromatic heterocycles. The summed E-state index contributed by atoms with van der Waals surface area (Å²) in [5.41, 5.74) is -1.22. The highest BCUT2D eigenvalue weighted by molar-refractivity contribution is 5.89. The number of hydrogen-bond acceptors (Lipinski definition) is 3. The molecular weight excluding hydrogens is 258 g/mol. The largest absolute Gasteiger partial charge is 0.386 e. The van der Waals surface area contributed by atoms with Crippen LogP contribution in [0, 0.1) is 11.6 Å². The maximum absolute atomic E-state index is 13.3. The van der Waals surface area contributed by atoms with Gasteiger partial charge in [0.1, 0.15) is 17.2 Å². The minimum absolute atomic E-state index is 0.00163. The van der Waals surface area contributed by atoms with Gasteiger partial charge < -0.3 is 20.5 Å². The van der Waals surface area contributed by atoms with Gasteiger partial charge in [0.25, 0.3) is 0 Å². The summed E-state index contributed by atoms with van der Waals surface area (Å²) < 4.78 is 31.0. The molecule has 1 saturated heterocycles. The number of urea groups is 1. The molecule has 2 amide bonds. The summed E-state index contributed by atoms with van der Waals surface area (Å²) in [6.45, 7) is 0.590. The maximum Gasteiger partial charge on any atom is 0.319 e. The Morgan fingerprint density at radius 2 is 2.26 bits per heavy atom. The average molecular weight is 272 g/mol.